The number of nitrogens with one attached hydrogen (secondary N) is 2. The number of carbonyl (C=O) groups excluding carboxylic acids is 1. The number of hydrogen-bond acceptors (Lipinski definition) is 3. The van der Waals surface area contributed by atoms with Gasteiger partial charge < -0.3 is 5.32 Å². The lowest BCUT2D eigenvalue weighted by Crippen LogP contribution is -2.15. The van der Waals surface area contributed by atoms with Crippen LogP contribution in [0.5, 0.6) is 0 Å². The van der Waals surface area contributed by atoms with Gasteiger partial charge in [-0.15, -0.1) is 0 Å². The van der Waals surface area contributed by atoms with Crippen molar-refractivity contribution >= 4 is 54.8 Å². The number of sulfonamides is 1. The molecule has 0 radical (unpaired) electrons. The van der Waals surface area contributed by atoms with E-state index in [4.69, 9.17) is 11.6 Å². The molecular weight excluding hydrogens is 464 g/mol. The Hall–Kier alpha value is -2.35. The lowest BCUT2D eigenvalue weighted by Gasteiger charge is -2.11. The van der Waals surface area contributed by atoms with Crippen molar-refractivity contribution in [2.45, 2.75) is 11.8 Å². The average Bonchev–Trinajstić information content (AvgIpc) is 2.63. The Balaban J connectivity index is 1.78. The summed E-state index contributed by atoms with van der Waals surface area (Å²) in [7, 11) is -3.78. The number of halogens is 2. The van der Waals surface area contributed by atoms with Gasteiger partial charge in [0.15, 0.2) is 0 Å². The van der Waals surface area contributed by atoms with Crippen LogP contribution in [0.25, 0.3) is 0 Å². The number of amides is 1. The Labute approximate surface area is 176 Å². The monoisotopic (exact) mass is 478 g/mol. The summed E-state index contributed by atoms with van der Waals surface area (Å²) >= 11 is 9.55. The average molecular weight is 480 g/mol. The molecule has 0 aromatic heterocycles. The second-order valence-corrected chi connectivity index (χ2v) is 9.08. The van der Waals surface area contributed by atoms with E-state index >= 15 is 0 Å². The highest BCUT2D eigenvalue weighted by Crippen LogP contribution is 2.26. The van der Waals surface area contributed by atoms with Crippen molar-refractivity contribution in [1.29, 1.82) is 0 Å². The van der Waals surface area contributed by atoms with Gasteiger partial charge in [-0.1, -0.05) is 51.3 Å². The van der Waals surface area contributed by atoms with Gasteiger partial charge in [-0.05, 0) is 55.5 Å². The van der Waals surface area contributed by atoms with E-state index in [9.17, 15) is 13.2 Å². The Kier molecular flexibility index (Phi) is 6.07. The molecule has 2 N–H and O–H groups in total. The highest BCUT2D eigenvalue weighted by atomic mass is 79.9. The first-order chi connectivity index (χ1) is 13.2. The predicted octanol–water partition coefficient (Wildman–Crippen LogP) is 5.46. The second-order valence-electron chi connectivity index (χ2n) is 6.08. The van der Waals surface area contributed by atoms with Gasteiger partial charge in [0.2, 0.25) is 0 Å². The summed E-state index contributed by atoms with van der Waals surface area (Å²) in [5.74, 6) is -0.354. The van der Waals surface area contributed by atoms with E-state index in [0.717, 1.165) is 10.0 Å². The first-order valence-corrected chi connectivity index (χ1v) is 10.9. The van der Waals surface area contributed by atoms with E-state index in [1.165, 1.54) is 30.3 Å². The van der Waals surface area contributed by atoms with Gasteiger partial charge >= 0.3 is 0 Å². The molecule has 0 fully saturated rings. The zero-order chi connectivity index (χ0) is 20.3. The molecular formula is C20H16BrClN2O3S. The fourth-order valence-electron chi connectivity index (χ4n) is 2.43. The van der Waals surface area contributed by atoms with E-state index in [0.29, 0.717) is 11.3 Å². The lowest BCUT2D eigenvalue weighted by atomic mass is 10.2. The molecule has 0 aliphatic carbocycles. The Morgan fingerprint density at radius 1 is 1.00 bits per heavy atom. The minimum atomic E-state index is -3.78. The Bertz CT molecular complexity index is 1130. The maximum atomic E-state index is 12.5. The standard InChI is InChI=1S/C20H16BrClN2O3S/c1-13-5-8-17(9-6-13)28(26,27)24-19-10-7-14(11-18(19)22)20(25)23-16-4-2-3-15(21)12-16/h2-12,24H,1H3,(H,23,25). The summed E-state index contributed by atoms with van der Waals surface area (Å²) in [6.45, 7) is 1.87. The number of rotatable bonds is 5. The van der Waals surface area contributed by atoms with E-state index in [1.807, 2.05) is 13.0 Å². The van der Waals surface area contributed by atoms with Crippen molar-refractivity contribution in [2.75, 3.05) is 10.0 Å². The van der Waals surface area contributed by atoms with E-state index in [2.05, 4.69) is 26.0 Å². The summed E-state index contributed by atoms with van der Waals surface area (Å²) in [6, 6.07) is 18.0. The number of carbonyl (C=O) groups is 1. The largest absolute Gasteiger partial charge is 0.322 e. The SMILES string of the molecule is Cc1ccc(S(=O)(=O)Nc2ccc(C(=O)Nc3cccc(Br)c3)cc2Cl)cc1. The molecule has 28 heavy (non-hydrogen) atoms. The smallest absolute Gasteiger partial charge is 0.261 e. The molecule has 144 valence electrons. The van der Waals surface area contributed by atoms with Crippen molar-refractivity contribution in [3.05, 3.63) is 87.4 Å². The quantitative estimate of drug-likeness (QED) is 0.510. The van der Waals surface area contributed by atoms with Crippen molar-refractivity contribution in [3.63, 3.8) is 0 Å². The molecule has 0 aliphatic rings. The molecule has 3 aromatic carbocycles. The molecule has 0 aliphatic heterocycles. The maximum Gasteiger partial charge on any atom is 0.261 e. The summed E-state index contributed by atoms with van der Waals surface area (Å²) in [5, 5.41) is 2.88. The molecule has 5 nitrogen and oxygen atoms in total. The van der Waals surface area contributed by atoms with Gasteiger partial charge in [0.05, 0.1) is 15.6 Å². The van der Waals surface area contributed by atoms with Gasteiger partial charge in [0.1, 0.15) is 0 Å². The van der Waals surface area contributed by atoms with Crippen LogP contribution in [-0.4, -0.2) is 14.3 Å². The molecule has 0 unspecified atom stereocenters. The second kappa shape index (κ2) is 8.34. The number of aryl methyl sites for hydroxylation is 1. The molecule has 0 saturated carbocycles. The van der Waals surface area contributed by atoms with Gasteiger partial charge in [0, 0.05) is 15.7 Å². The summed E-state index contributed by atoms with van der Waals surface area (Å²) < 4.78 is 28.3. The van der Waals surface area contributed by atoms with Gasteiger partial charge in [-0.3, -0.25) is 9.52 Å². The number of benzene rings is 3. The number of hydrogen-bond donors (Lipinski definition) is 2. The molecule has 0 spiro atoms. The summed E-state index contributed by atoms with van der Waals surface area (Å²) in [4.78, 5) is 12.5. The zero-order valence-electron chi connectivity index (χ0n) is 14.7. The van der Waals surface area contributed by atoms with Crippen LogP contribution < -0.4 is 10.0 Å². The van der Waals surface area contributed by atoms with Crippen LogP contribution in [0.15, 0.2) is 76.1 Å². The first kappa shape index (κ1) is 20.4. The third-order valence-corrected chi connectivity index (χ3v) is 6.08. The topological polar surface area (TPSA) is 75.3 Å². The molecule has 1 amide bonds. The van der Waals surface area contributed by atoms with Crippen LogP contribution in [0, 0.1) is 6.92 Å². The predicted molar refractivity (Wildman–Crippen MR) is 116 cm³/mol. The van der Waals surface area contributed by atoms with Crippen molar-refractivity contribution in [3.8, 4) is 0 Å². The molecule has 3 aromatic rings. The van der Waals surface area contributed by atoms with E-state index in [-0.39, 0.29) is 21.5 Å². The highest BCUT2D eigenvalue weighted by molar-refractivity contribution is 9.10. The van der Waals surface area contributed by atoms with E-state index in [1.54, 1.807) is 30.3 Å². The van der Waals surface area contributed by atoms with Gasteiger partial charge in [-0.2, -0.15) is 0 Å². The van der Waals surface area contributed by atoms with Crippen molar-refractivity contribution < 1.29 is 13.2 Å². The normalized spacial score (nSPS) is 11.1. The van der Waals surface area contributed by atoms with Crippen LogP contribution in [0.3, 0.4) is 0 Å². The first-order valence-electron chi connectivity index (χ1n) is 8.20. The number of anilines is 2. The van der Waals surface area contributed by atoms with Crippen LogP contribution in [-0.2, 0) is 10.0 Å². The molecule has 8 heteroatoms. The van der Waals surface area contributed by atoms with Crippen LogP contribution in [0.1, 0.15) is 15.9 Å². The minimum absolute atomic E-state index is 0.123. The lowest BCUT2D eigenvalue weighted by molar-refractivity contribution is 0.102. The molecule has 0 saturated heterocycles. The molecule has 0 bridgehead atoms. The molecule has 3 rings (SSSR count). The van der Waals surface area contributed by atoms with Gasteiger partial charge in [-0.25, -0.2) is 8.42 Å². The van der Waals surface area contributed by atoms with Crippen molar-refractivity contribution in [2.24, 2.45) is 0 Å². The highest BCUT2D eigenvalue weighted by Gasteiger charge is 2.17. The van der Waals surface area contributed by atoms with Crippen LogP contribution in [0.4, 0.5) is 11.4 Å². The van der Waals surface area contributed by atoms with Gasteiger partial charge in [0.25, 0.3) is 15.9 Å². The third kappa shape index (κ3) is 4.92. The van der Waals surface area contributed by atoms with Crippen LogP contribution in [0.2, 0.25) is 5.02 Å². The van der Waals surface area contributed by atoms with E-state index < -0.39 is 10.0 Å². The third-order valence-electron chi connectivity index (χ3n) is 3.89. The summed E-state index contributed by atoms with van der Waals surface area (Å²) in [6.07, 6.45) is 0. The maximum absolute atomic E-state index is 12.5. The summed E-state index contributed by atoms with van der Waals surface area (Å²) in [5.41, 5.74) is 2.09. The van der Waals surface area contributed by atoms with Crippen molar-refractivity contribution in [1.82, 2.24) is 0 Å². The molecule has 0 atom stereocenters. The molecule has 0 heterocycles. The minimum Gasteiger partial charge on any atom is -0.322 e. The van der Waals surface area contributed by atoms with Crippen LogP contribution >= 0.6 is 27.5 Å². The fraction of sp³-hybridized carbons (Fsp3) is 0.0500. The zero-order valence-corrected chi connectivity index (χ0v) is 17.9. The Morgan fingerprint density at radius 3 is 2.36 bits per heavy atom. The fourth-order valence-corrected chi connectivity index (χ4v) is 4.19. The Morgan fingerprint density at radius 2 is 1.71 bits per heavy atom.